The zero-order valence-electron chi connectivity index (χ0n) is 13.9. The summed E-state index contributed by atoms with van der Waals surface area (Å²) in [6, 6.07) is 14.9. The number of nitrogens with zero attached hydrogens (tertiary/aromatic N) is 1. The van der Waals surface area contributed by atoms with Crippen molar-refractivity contribution in [1.29, 1.82) is 0 Å². The zero-order chi connectivity index (χ0) is 18.5. The van der Waals surface area contributed by atoms with Crippen molar-refractivity contribution in [3.63, 3.8) is 0 Å². The molecular formula is C19H17FN2O3S. The Morgan fingerprint density at radius 3 is 2.54 bits per heavy atom. The molecular weight excluding hydrogens is 355 g/mol. The number of benzene rings is 2. The fourth-order valence-electron chi connectivity index (χ4n) is 2.65. The first-order valence-corrected chi connectivity index (χ1v) is 9.14. The third-order valence-corrected chi connectivity index (χ3v) is 5.17. The first-order valence-electron chi connectivity index (χ1n) is 8.10. The number of halogens is 1. The highest BCUT2D eigenvalue weighted by atomic mass is 32.2. The molecule has 26 heavy (non-hydrogen) atoms. The average Bonchev–Trinajstić information content (AvgIpc) is 2.93. The molecule has 1 aliphatic rings. The van der Waals surface area contributed by atoms with Gasteiger partial charge in [0, 0.05) is 18.5 Å². The molecule has 0 saturated carbocycles. The van der Waals surface area contributed by atoms with E-state index in [0.717, 1.165) is 16.7 Å². The topological polar surface area (TPSA) is 66.5 Å². The van der Waals surface area contributed by atoms with Crippen LogP contribution in [0.1, 0.15) is 12.0 Å². The van der Waals surface area contributed by atoms with Gasteiger partial charge in [-0.05, 0) is 18.2 Å². The van der Waals surface area contributed by atoms with Crippen LogP contribution in [0.5, 0.6) is 0 Å². The lowest BCUT2D eigenvalue weighted by Gasteiger charge is -2.14. The van der Waals surface area contributed by atoms with E-state index in [1.165, 1.54) is 6.07 Å². The van der Waals surface area contributed by atoms with Crippen LogP contribution >= 0.6 is 11.8 Å². The van der Waals surface area contributed by atoms with E-state index in [0.29, 0.717) is 11.3 Å². The lowest BCUT2D eigenvalue weighted by Crippen LogP contribution is -2.32. The van der Waals surface area contributed by atoms with Crippen LogP contribution in [0.2, 0.25) is 0 Å². The summed E-state index contributed by atoms with van der Waals surface area (Å²) in [6.07, 6.45) is 0.0684. The van der Waals surface area contributed by atoms with Gasteiger partial charge in [-0.3, -0.25) is 14.4 Å². The van der Waals surface area contributed by atoms with Crippen LogP contribution in [0, 0.1) is 5.82 Å². The molecule has 134 valence electrons. The summed E-state index contributed by atoms with van der Waals surface area (Å²) in [7, 11) is 0. The highest BCUT2D eigenvalue weighted by Gasteiger charge is 2.39. The number of rotatable bonds is 6. The van der Waals surface area contributed by atoms with E-state index in [4.69, 9.17) is 0 Å². The first kappa shape index (κ1) is 18.1. The van der Waals surface area contributed by atoms with E-state index in [-0.39, 0.29) is 42.3 Å². The van der Waals surface area contributed by atoms with Gasteiger partial charge in [0.05, 0.1) is 16.7 Å². The smallest absolute Gasteiger partial charge is 0.247 e. The van der Waals surface area contributed by atoms with E-state index in [1.807, 2.05) is 0 Å². The quantitative estimate of drug-likeness (QED) is 0.792. The van der Waals surface area contributed by atoms with Crippen molar-refractivity contribution in [1.82, 2.24) is 5.32 Å². The zero-order valence-corrected chi connectivity index (χ0v) is 14.7. The SMILES string of the molecule is O=C(CS[C@@H]1CC(=O)N(c2ccccc2)C1=O)NCc1ccccc1F. The van der Waals surface area contributed by atoms with Crippen molar-refractivity contribution < 1.29 is 18.8 Å². The minimum absolute atomic E-state index is 0.0285. The van der Waals surface area contributed by atoms with Crippen LogP contribution < -0.4 is 10.2 Å². The van der Waals surface area contributed by atoms with Gasteiger partial charge in [0.2, 0.25) is 17.7 Å². The molecule has 0 bridgehead atoms. The number of carbonyl (C=O) groups excluding carboxylic acids is 3. The molecule has 0 radical (unpaired) electrons. The molecule has 2 aromatic carbocycles. The van der Waals surface area contributed by atoms with E-state index < -0.39 is 5.25 Å². The largest absolute Gasteiger partial charge is 0.351 e. The lowest BCUT2D eigenvalue weighted by molar-refractivity contribution is -0.121. The van der Waals surface area contributed by atoms with Crippen LogP contribution in [0.15, 0.2) is 54.6 Å². The van der Waals surface area contributed by atoms with Crippen molar-refractivity contribution in [3.05, 3.63) is 66.0 Å². The fraction of sp³-hybridized carbons (Fsp3) is 0.211. The van der Waals surface area contributed by atoms with Crippen LogP contribution in [0.3, 0.4) is 0 Å². The predicted molar refractivity (Wildman–Crippen MR) is 98.0 cm³/mol. The Bertz CT molecular complexity index is 829. The average molecular weight is 372 g/mol. The molecule has 7 heteroatoms. The number of carbonyl (C=O) groups is 3. The molecule has 1 N–H and O–H groups in total. The maximum Gasteiger partial charge on any atom is 0.247 e. The number of para-hydroxylation sites is 1. The molecule has 1 heterocycles. The highest BCUT2D eigenvalue weighted by molar-refractivity contribution is 8.01. The third-order valence-electron chi connectivity index (χ3n) is 3.97. The molecule has 0 unspecified atom stereocenters. The van der Waals surface area contributed by atoms with E-state index in [1.54, 1.807) is 48.5 Å². The molecule has 1 atom stereocenters. The Kier molecular flexibility index (Phi) is 5.68. The standard InChI is InChI=1S/C19H17FN2O3S/c20-15-9-5-4-6-13(15)11-21-17(23)12-26-16-10-18(24)22(19(16)25)14-7-2-1-3-8-14/h1-9,16H,10-12H2,(H,21,23)/t16-/m1/s1. The molecule has 5 nitrogen and oxygen atoms in total. The lowest BCUT2D eigenvalue weighted by atomic mass is 10.2. The molecule has 0 aromatic heterocycles. The number of hydrogen-bond donors (Lipinski definition) is 1. The van der Waals surface area contributed by atoms with Crippen molar-refractivity contribution >= 4 is 35.2 Å². The van der Waals surface area contributed by atoms with Gasteiger partial charge in [0.25, 0.3) is 0 Å². The molecule has 0 spiro atoms. The third kappa shape index (κ3) is 4.11. The minimum atomic E-state index is -0.582. The summed E-state index contributed by atoms with van der Waals surface area (Å²) >= 11 is 1.12. The van der Waals surface area contributed by atoms with E-state index in [9.17, 15) is 18.8 Å². The van der Waals surface area contributed by atoms with E-state index >= 15 is 0 Å². The fourth-order valence-corrected chi connectivity index (χ4v) is 3.61. The number of hydrogen-bond acceptors (Lipinski definition) is 4. The number of anilines is 1. The van der Waals surface area contributed by atoms with Gasteiger partial charge >= 0.3 is 0 Å². The van der Waals surface area contributed by atoms with Crippen LogP contribution in [0.4, 0.5) is 10.1 Å². The van der Waals surface area contributed by atoms with Gasteiger partial charge in [-0.25, -0.2) is 9.29 Å². The maximum absolute atomic E-state index is 13.5. The molecule has 1 fully saturated rings. The monoisotopic (exact) mass is 372 g/mol. The minimum Gasteiger partial charge on any atom is -0.351 e. The van der Waals surface area contributed by atoms with Gasteiger partial charge in [0.1, 0.15) is 5.82 Å². The van der Waals surface area contributed by atoms with Gasteiger partial charge in [0.15, 0.2) is 0 Å². The Hall–Kier alpha value is -2.67. The normalized spacial score (nSPS) is 16.8. The van der Waals surface area contributed by atoms with Gasteiger partial charge in [-0.2, -0.15) is 0 Å². The molecule has 1 saturated heterocycles. The van der Waals surface area contributed by atoms with Crippen molar-refractivity contribution in [2.75, 3.05) is 10.7 Å². The summed E-state index contributed by atoms with van der Waals surface area (Å²) in [4.78, 5) is 37.7. The van der Waals surface area contributed by atoms with Gasteiger partial charge < -0.3 is 5.32 Å². The molecule has 0 aliphatic carbocycles. The van der Waals surface area contributed by atoms with Crippen molar-refractivity contribution in [2.24, 2.45) is 0 Å². The Morgan fingerprint density at radius 1 is 1.12 bits per heavy atom. The first-order chi connectivity index (χ1) is 12.6. The van der Waals surface area contributed by atoms with Crippen molar-refractivity contribution in [3.8, 4) is 0 Å². The second kappa shape index (κ2) is 8.14. The summed E-state index contributed by atoms with van der Waals surface area (Å²) in [5, 5.41) is 2.04. The van der Waals surface area contributed by atoms with E-state index in [2.05, 4.69) is 5.32 Å². The van der Waals surface area contributed by atoms with Gasteiger partial charge in [-0.1, -0.05) is 36.4 Å². The number of thioether (sulfide) groups is 1. The Morgan fingerprint density at radius 2 is 1.81 bits per heavy atom. The summed E-state index contributed by atoms with van der Waals surface area (Å²) < 4.78 is 13.5. The predicted octanol–water partition coefficient (Wildman–Crippen LogP) is 2.51. The van der Waals surface area contributed by atoms with Gasteiger partial charge in [-0.15, -0.1) is 11.8 Å². The van der Waals surface area contributed by atoms with Crippen molar-refractivity contribution in [2.45, 2.75) is 18.2 Å². The Balaban J connectivity index is 1.52. The molecule has 1 aliphatic heterocycles. The summed E-state index contributed by atoms with van der Waals surface area (Å²) in [6.45, 7) is 0.0831. The summed E-state index contributed by atoms with van der Waals surface area (Å²) in [5.74, 6) is -1.24. The highest BCUT2D eigenvalue weighted by Crippen LogP contribution is 2.29. The maximum atomic E-state index is 13.5. The molecule has 2 aromatic rings. The van der Waals surface area contributed by atoms with Crippen LogP contribution in [-0.2, 0) is 20.9 Å². The van der Waals surface area contributed by atoms with Crippen LogP contribution in [0.25, 0.3) is 0 Å². The molecule has 3 rings (SSSR count). The number of amides is 3. The second-order valence-corrected chi connectivity index (χ2v) is 6.97. The number of imide groups is 1. The molecule has 3 amide bonds. The second-order valence-electron chi connectivity index (χ2n) is 5.77. The Labute approximate surface area is 154 Å². The summed E-state index contributed by atoms with van der Waals surface area (Å²) in [5.41, 5.74) is 0.933. The number of nitrogens with one attached hydrogen (secondary N) is 1. The van der Waals surface area contributed by atoms with Crippen LogP contribution in [-0.4, -0.2) is 28.7 Å².